The van der Waals surface area contributed by atoms with Gasteiger partial charge in [-0.1, -0.05) is 42.5 Å². The number of hydrogen-bond acceptors (Lipinski definition) is 4. The van der Waals surface area contributed by atoms with Crippen molar-refractivity contribution in [2.75, 3.05) is 24.5 Å². The summed E-state index contributed by atoms with van der Waals surface area (Å²) in [6, 6.07) is 16.3. The minimum Gasteiger partial charge on any atom is -0.343 e. The molecule has 0 saturated carbocycles. The minimum absolute atomic E-state index is 0.0222. The lowest BCUT2D eigenvalue weighted by Crippen LogP contribution is -2.44. The summed E-state index contributed by atoms with van der Waals surface area (Å²) in [4.78, 5) is 38.2. The molecular formula is C26H30F3N3O3. The normalized spacial score (nSPS) is 15.8. The molecule has 0 aliphatic carbocycles. The Morgan fingerprint density at radius 1 is 0.971 bits per heavy atom. The van der Waals surface area contributed by atoms with Gasteiger partial charge in [0, 0.05) is 44.2 Å². The highest BCUT2D eigenvalue weighted by Gasteiger charge is 2.33. The molecule has 188 valence electrons. The van der Waals surface area contributed by atoms with E-state index in [4.69, 9.17) is 10.5 Å². The van der Waals surface area contributed by atoms with Crippen LogP contribution in [-0.4, -0.2) is 48.8 Å². The second kappa shape index (κ2) is 12.0. The van der Waals surface area contributed by atoms with E-state index in [0.717, 1.165) is 49.0 Å². The number of halogens is 3. The Balaban J connectivity index is 0.000000509. The second-order valence-electron chi connectivity index (χ2n) is 8.70. The smallest absolute Gasteiger partial charge is 0.343 e. The molecule has 0 bridgehead atoms. The number of likely N-dealkylation sites (tertiary alicyclic amines) is 1. The van der Waals surface area contributed by atoms with Gasteiger partial charge >= 0.3 is 6.18 Å². The van der Waals surface area contributed by atoms with E-state index in [-0.39, 0.29) is 17.7 Å². The molecule has 0 spiro atoms. The molecule has 0 atom stereocenters. The molecule has 0 unspecified atom stereocenters. The summed E-state index contributed by atoms with van der Waals surface area (Å²) >= 11 is 0. The van der Waals surface area contributed by atoms with Crippen molar-refractivity contribution in [3.8, 4) is 0 Å². The van der Waals surface area contributed by atoms with Crippen LogP contribution in [-0.2, 0) is 33.8 Å². The number of carbonyl (C=O) groups is 3. The van der Waals surface area contributed by atoms with Crippen LogP contribution in [0.5, 0.6) is 0 Å². The van der Waals surface area contributed by atoms with E-state index in [1.165, 1.54) is 5.56 Å². The van der Waals surface area contributed by atoms with Gasteiger partial charge in [0.15, 0.2) is 0 Å². The first-order chi connectivity index (χ1) is 16.7. The van der Waals surface area contributed by atoms with Crippen LogP contribution in [0.2, 0.25) is 0 Å². The number of nitrogens with zero attached hydrogens (tertiary/aromatic N) is 2. The maximum atomic E-state index is 13.0. The molecule has 6 nitrogen and oxygen atoms in total. The Morgan fingerprint density at radius 3 is 2.17 bits per heavy atom. The third-order valence-electron chi connectivity index (χ3n) is 6.37. The summed E-state index contributed by atoms with van der Waals surface area (Å²) in [5.41, 5.74) is 10.2. The lowest BCUT2D eigenvalue weighted by Gasteiger charge is -2.33. The number of hydrogen-bond donors (Lipinski definition) is 1. The van der Waals surface area contributed by atoms with E-state index in [9.17, 15) is 22.8 Å². The highest BCUT2D eigenvalue weighted by Crippen LogP contribution is 2.31. The van der Waals surface area contributed by atoms with Crippen molar-refractivity contribution >= 4 is 23.8 Å². The average molecular weight is 490 g/mol. The summed E-state index contributed by atoms with van der Waals surface area (Å²) in [7, 11) is 0. The molecule has 0 radical (unpaired) electrons. The maximum Gasteiger partial charge on any atom is 0.446 e. The number of alkyl halides is 3. The molecule has 2 N–H and O–H groups in total. The van der Waals surface area contributed by atoms with E-state index in [0.29, 0.717) is 26.1 Å². The van der Waals surface area contributed by atoms with Gasteiger partial charge < -0.3 is 15.5 Å². The number of para-hydroxylation sites is 1. The fraction of sp³-hybridized carbons (Fsp3) is 0.423. The van der Waals surface area contributed by atoms with Gasteiger partial charge in [0.05, 0.1) is 0 Å². The van der Waals surface area contributed by atoms with E-state index in [1.54, 1.807) is 0 Å². The van der Waals surface area contributed by atoms with Gasteiger partial charge in [0.2, 0.25) is 18.1 Å². The molecule has 0 aromatic heterocycles. The first kappa shape index (κ1) is 26.4. The molecule has 2 aliphatic rings. The lowest BCUT2D eigenvalue weighted by molar-refractivity contribution is -0.156. The van der Waals surface area contributed by atoms with Gasteiger partial charge in [-0.25, -0.2) is 0 Å². The van der Waals surface area contributed by atoms with Crippen LogP contribution in [0.3, 0.4) is 0 Å². The Kier molecular flexibility index (Phi) is 9.03. The fourth-order valence-electron chi connectivity index (χ4n) is 4.41. The Hall–Kier alpha value is -3.20. The van der Waals surface area contributed by atoms with Gasteiger partial charge in [-0.3, -0.25) is 14.4 Å². The van der Waals surface area contributed by atoms with Gasteiger partial charge in [-0.15, -0.1) is 0 Å². The number of amides is 2. The van der Waals surface area contributed by atoms with Crippen LogP contribution in [0.1, 0.15) is 36.0 Å². The standard InChI is InChI=1S/C24H29N3O2.C2HF3O/c25-17-19-7-5-18(6-8-19)9-10-23(28)26-14-11-21(12-15-26)24(29)27-16-13-20-3-1-2-4-22(20)27;3-2(4,5)1-6/h1-8,21H,9-17,25H2;1H. The zero-order chi connectivity index (χ0) is 25.4. The number of benzene rings is 2. The van der Waals surface area contributed by atoms with Crippen LogP contribution >= 0.6 is 0 Å². The molecule has 9 heteroatoms. The van der Waals surface area contributed by atoms with Crippen molar-refractivity contribution < 1.29 is 27.6 Å². The zero-order valence-corrected chi connectivity index (χ0v) is 19.5. The molecular weight excluding hydrogens is 459 g/mol. The van der Waals surface area contributed by atoms with Crippen molar-refractivity contribution in [3.05, 3.63) is 65.2 Å². The summed E-state index contributed by atoms with van der Waals surface area (Å²) < 4.78 is 31.2. The fourth-order valence-corrected chi connectivity index (χ4v) is 4.41. The number of aldehydes is 1. The monoisotopic (exact) mass is 489 g/mol. The third-order valence-corrected chi connectivity index (χ3v) is 6.37. The number of anilines is 1. The number of nitrogens with two attached hydrogens (primary N) is 1. The molecule has 1 fully saturated rings. The summed E-state index contributed by atoms with van der Waals surface area (Å²) in [5.74, 6) is 0.432. The molecule has 1 saturated heterocycles. The molecule has 2 heterocycles. The van der Waals surface area contributed by atoms with Crippen LogP contribution in [0.15, 0.2) is 48.5 Å². The van der Waals surface area contributed by atoms with Crippen LogP contribution in [0.4, 0.5) is 18.9 Å². The lowest BCUT2D eigenvalue weighted by atomic mass is 9.94. The predicted octanol–water partition coefficient (Wildman–Crippen LogP) is 3.65. The van der Waals surface area contributed by atoms with E-state index in [1.807, 2.05) is 52.3 Å². The van der Waals surface area contributed by atoms with Gasteiger partial charge in [-0.05, 0) is 48.4 Å². The predicted molar refractivity (Wildman–Crippen MR) is 127 cm³/mol. The first-order valence-corrected chi connectivity index (χ1v) is 11.7. The molecule has 2 aromatic carbocycles. The van der Waals surface area contributed by atoms with Crippen molar-refractivity contribution in [1.82, 2.24) is 4.90 Å². The van der Waals surface area contributed by atoms with Crippen LogP contribution in [0.25, 0.3) is 0 Å². The summed E-state index contributed by atoms with van der Waals surface area (Å²) in [6.45, 7) is 2.67. The van der Waals surface area contributed by atoms with Crippen molar-refractivity contribution in [2.45, 2.75) is 44.8 Å². The Morgan fingerprint density at radius 2 is 1.57 bits per heavy atom. The SMILES string of the molecule is NCc1ccc(CCC(=O)N2CCC(C(=O)N3CCc4ccccc43)CC2)cc1.O=CC(F)(F)F. The Bertz CT molecular complexity index is 1020. The quantitative estimate of drug-likeness (QED) is 0.650. The minimum atomic E-state index is -4.64. The van der Waals surface area contributed by atoms with Crippen molar-refractivity contribution in [2.24, 2.45) is 11.7 Å². The maximum absolute atomic E-state index is 13.0. The topological polar surface area (TPSA) is 83.7 Å². The highest BCUT2D eigenvalue weighted by molar-refractivity contribution is 5.97. The van der Waals surface area contributed by atoms with E-state index >= 15 is 0 Å². The second-order valence-corrected chi connectivity index (χ2v) is 8.70. The molecule has 2 aliphatic heterocycles. The molecule has 2 amide bonds. The van der Waals surface area contributed by atoms with Crippen LogP contribution < -0.4 is 10.6 Å². The third kappa shape index (κ3) is 7.39. The van der Waals surface area contributed by atoms with Crippen molar-refractivity contribution in [1.29, 1.82) is 0 Å². The molecule has 35 heavy (non-hydrogen) atoms. The molecule has 4 rings (SSSR count). The summed E-state index contributed by atoms with van der Waals surface area (Å²) in [6.07, 6.45) is -1.99. The zero-order valence-electron chi connectivity index (χ0n) is 19.5. The van der Waals surface area contributed by atoms with Crippen molar-refractivity contribution in [3.63, 3.8) is 0 Å². The number of carbonyl (C=O) groups excluding carboxylic acids is 3. The number of piperidine rings is 1. The molecule has 2 aromatic rings. The van der Waals surface area contributed by atoms with Gasteiger partial charge in [0.1, 0.15) is 0 Å². The largest absolute Gasteiger partial charge is 0.446 e. The first-order valence-electron chi connectivity index (χ1n) is 11.7. The Labute approximate surface area is 202 Å². The van der Waals surface area contributed by atoms with E-state index < -0.39 is 12.5 Å². The van der Waals surface area contributed by atoms with Crippen LogP contribution in [0, 0.1) is 5.92 Å². The number of rotatable bonds is 5. The average Bonchev–Trinajstić information content (AvgIpc) is 3.31. The number of aryl methyl sites for hydroxylation is 1. The van der Waals surface area contributed by atoms with E-state index in [2.05, 4.69) is 6.07 Å². The highest BCUT2D eigenvalue weighted by atomic mass is 19.4. The van der Waals surface area contributed by atoms with Gasteiger partial charge in [-0.2, -0.15) is 13.2 Å². The van der Waals surface area contributed by atoms with Gasteiger partial charge in [0.25, 0.3) is 0 Å². The number of fused-ring (bicyclic) bond motifs is 1. The summed E-state index contributed by atoms with van der Waals surface area (Å²) in [5, 5.41) is 0.